The molecule has 162 valence electrons. The monoisotopic (exact) mass is 451 g/mol. The molecule has 0 aliphatic rings. The third kappa shape index (κ3) is 6.57. The molecule has 0 saturated carbocycles. The van der Waals surface area contributed by atoms with Gasteiger partial charge in [-0.05, 0) is 66.0 Å². The van der Waals surface area contributed by atoms with Gasteiger partial charge in [0.15, 0.2) is 17.2 Å². The second kappa shape index (κ2) is 9.18. The summed E-state index contributed by atoms with van der Waals surface area (Å²) >= 11 is 7.70. The van der Waals surface area contributed by atoms with E-state index in [1.54, 1.807) is 53.7 Å². The third-order valence-corrected chi connectivity index (χ3v) is 5.11. The first-order chi connectivity index (χ1) is 13.8. The zero-order valence-corrected chi connectivity index (χ0v) is 19.6. The molecular formula is C22H26ClNO5S. The van der Waals surface area contributed by atoms with E-state index < -0.39 is 29.7 Å². The molecule has 1 heterocycles. The Morgan fingerprint density at radius 2 is 1.73 bits per heavy atom. The number of hydrogen-bond donors (Lipinski definition) is 0. The Morgan fingerprint density at radius 1 is 1.10 bits per heavy atom. The highest BCUT2D eigenvalue weighted by Crippen LogP contribution is 2.46. The van der Waals surface area contributed by atoms with Gasteiger partial charge in [-0.2, -0.15) is 0 Å². The van der Waals surface area contributed by atoms with Crippen molar-refractivity contribution in [2.75, 3.05) is 6.61 Å². The van der Waals surface area contributed by atoms with Gasteiger partial charge in [0.05, 0.1) is 10.6 Å². The number of benzene rings is 1. The molecule has 0 N–H and O–H groups in total. The summed E-state index contributed by atoms with van der Waals surface area (Å²) in [5.41, 5.74) is 0.0396. The van der Waals surface area contributed by atoms with Crippen molar-refractivity contribution in [1.29, 1.82) is 0 Å². The van der Waals surface area contributed by atoms with E-state index in [0.717, 1.165) is 16.9 Å². The molecule has 0 fully saturated rings. The van der Waals surface area contributed by atoms with Gasteiger partial charge in [0.2, 0.25) is 0 Å². The summed E-state index contributed by atoms with van der Waals surface area (Å²) in [4.78, 5) is 29.6. The number of rotatable bonds is 6. The highest BCUT2D eigenvalue weighted by Gasteiger charge is 2.29. The fraction of sp³-hybridized carbons (Fsp3) is 0.409. The van der Waals surface area contributed by atoms with Crippen molar-refractivity contribution in [3.63, 3.8) is 0 Å². The van der Waals surface area contributed by atoms with Crippen LogP contribution >= 0.6 is 22.9 Å². The van der Waals surface area contributed by atoms with Gasteiger partial charge in [0, 0.05) is 0 Å². The zero-order valence-electron chi connectivity index (χ0n) is 18.0. The summed E-state index contributed by atoms with van der Waals surface area (Å²) in [6, 6.07) is 7.24. The molecule has 1 aromatic carbocycles. The first-order valence-corrected chi connectivity index (χ1v) is 10.5. The van der Waals surface area contributed by atoms with E-state index in [9.17, 15) is 9.59 Å². The van der Waals surface area contributed by atoms with Crippen LogP contribution in [0.25, 0.3) is 10.4 Å². The van der Waals surface area contributed by atoms with E-state index in [4.69, 9.17) is 25.8 Å². The summed E-state index contributed by atoms with van der Waals surface area (Å²) < 4.78 is 16.4. The van der Waals surface area contributed by atoms with Gasteiger partial charge >= 0.3 is 11.9 Å². The van der Waals surface area contributed by atoms with E-state index in [-0.39, 0.29) is 15.6 Å². The molecule has 2 aromatic rings. The molecule has 2 rings (SSSR count). The number of nitrogens with zero attached hydrogens (tertiary/aromatic N) is 1. The van der Waals surface area contributed by atoms with Crippen molar-refractivity contribution in [3.8, 4) is 16.2 Å². The molecule has 8 heteroatoms. The van der Waals surface area contributed by atoms with Crippen molar-refractivity contribution >= 4 is 47.3 Å². The van der Waals surface area contributed by atoms with E-state index in [0.29, 0.717) is 10.6 Å². The zero-order chi connectivity index (χ0) is 22.7. The molecule has 0 amide bonds. The number of aliphatic imine (C=N–C) groups is 1. The number of ether oxygens (including phenoxy) is 3. The number of carbonyl (C=O) groups is 2. The van der Waals surface area contributed by atoms with Gasteiger partial charge < -0.3 is 14.2 Å². The molecular weight excluding hydrogens is 426 g/mol. The molecule has 0 radical (unpaired) electrons. The third-order valence-electron chi connectivity index (χ3n) is 3.44. The van der Waals surface area contributed by atoms with Crippen LogP contribution in [0.5, 0.6) is 5.75 Å². The molecule has 0 atom stereocenters. The minimum Gasteiger partial charge on any atom is -0.479 e. The molecule has 0 aliphatic carbocycles. The highest BCUT2D eigenvalue weighted by atomic mass is 35.5. The average molecular weight is 452 g/mol. The molecule has 0 unspecified atom stereocenters. The summed E-state index contributed by atoms with van der Waals surface area (Å²) in [6.45, 7) is 13.7. The standard InChI is InChI=1S/C22H26ClNO5S/c1-21(2,3)28-15(25)12-27-17-16(23)18(13-9-8-10-14(11-13)24-7)30-19(17)20(26)29-22(4,5)6/h8-11H,7,12H2,1-6H3. The fourth-order valence-electron chi connectivity index (χ4n) is 2.42. The number of carbonyl (C=O) groups excluding carboxylic acids is 2. The summed E-state index contributed by atoms with van der Waals surface area (Å²) in [5, 5.41) is 0.214. The molecule has 6 nitrogen and oxygen atoms in total. The lowest BCUT2D eigenvalue weighted by Gasteiger charge is -2.20. The normalized spacial score (nSPS) is 11.7. The van der Waals surface area contributed by atoms with Crippen LogP contribution < -0.4 is 4.74 Å². The maximum Gasteiger partial charge on any atom is 0.352 e. The van der Waals surface area contributed by atoms with Crippen molar-refractivity contribution in [1.82, 2.24) is 0 Å². The van der Waals surface area contributed by atoms with Gasteiger partial charge in [0.1, 0.15) is 16.2 Å². The molecule has 1 aromatic heterocycles. The molecule has 0 aliphatic heterocycles. The van der Waals surface area contributed by atoms with Crippen LogP contribution in [0.4, 0.5) is 5.69 Å². The van der Waals surface area contributed by atoms with Gasteiger partial charge in [-0.15, -0.1) is 11.3 Å². The van der Waals surface area contributed by atoms with E-state index >= 15 is 0 Å². The van der Waals surface area contributed by atoms with Crippen LogP contribution in [-0.2, 0) is 14.3 Å². The van der Waals surface area contributed by atoms with Gasteiger partial charge in [0.25, 0.3) is 0 Å². The lowest BCUT2D eigenvalue weighted by molar-refractivity contribution is -0.157. The summed E-state index contributed by atoms with van der Waals surface area (Å²) in [6.07, 6.45) is 0. The minimum absolute atomic E-state index is 0.0914. The first kappa shape index (κ1) is 23.9. The Balaban J connectivity index is 2.44. The molecule has 0 saturated heterocycles. The van der Waals surface area contributed by atoms with Crippen LogP contribution in [0.15, 0.2) is 29.3 Å². The lowest BCUT2D eigenvalue weighted by Crippen LogP contribution is -2.28. The first-order valence-electron chi connectivity index (χ1n) is 9.28. The number of halogens is 1. The SMILES string of the molecule is C=Nc1cccc(-c2sc(C(=O)OC(C)(C)C)c(OCC(=O)OC(C)(C)C)c2Cl)c1. The largest absolute Gasteiger partial charge is 0.479 e. The second-order valence-corrected chi connectivity index (χ2v) is 9.89. The van der Waals surface area contributed by atoms with Crippen LogP contribution in [0.2, 0.25) is 5.02 Å². The topological polar surface area (TPSA) is 74.2 Å². The number of hydrogen-bond acceptors (Lipinski definition) is 7. The Labute approximate surface area is 185 Å². The lowest BCUT2D eigenvalue weighted by atomic mass is 10.1. The predicted molar refractivity (Wildman–Crippen MR) is 120 cm³/mol. The van der Waals surface area contributed by atoms with Gasteiger partial charge in [-0.25, -0.2) is 9.59 Å². The van der Waals surface area contributed by atoms with Crippen molar-refractivity contribution in [3.05, 3.63) is 34.2 Å². The Hall–Kier alpha value is -2.38. The molecule has 0 spiro atoms. The number of esters is 2. The second-order valence-electron chi connectivity index (χ2n) is 8.49. The minimum atomic E-state index is -0.706. The van der Waals surface area contributed by atoms with Crippen molar-refractivity contribution < 1.29 is 23.8 Å². The highest BCUT2D eigenvalue weighted by molar-refractivity contribution is 7.18. The Morgan fingerprint density at radius 3 is 2.30 bits per heavy atom. The fourth-order valence-corrected chi connectivity index (χ4v) is 3.86. The quantitative estimate of drug-likeness (QED) is 0.393. The number of thiophene rings is 1. The Kier molecular flexibility index (Phi) is 7.31. The van der Waals surface area contributed by atoms with Crippen LogP contribution in [-0.4, -0.2) is 36.5 Å². The average Bonchev–Trinajstić information content (AvgIpc) is 2.94. The summed E-state index contributed by atoms with van der Waals surface area (Å²) in [5.74, 6) is -1.06. The van der Waals surface area contributed by atoms with Crippen LogP contribution in [0.3, 0.4) is 0 Å². The van der Waals surface area contributed by atoms with Crippen LogP contribution in [0.1, 0.15) is 51.2 Å². The summed E-state index contributed by atoms with van der Waals surface area (Å²) in [7, 11) is 0. The smallest absolute Gasteiger partial charge is 0.352 e. The maximum absolute atomic E-state index is 12.8. The van der Waals surface area contributed by atoms with Crippen LogP contribution in [0, 0.1) is 0 Å². The van der Waals surface area contributed by atoms with Crippen molar-refractivity contribution in [2.45, 2.75) is 52.7 Å². The Bertz CT molecular complexity index is 953. The molecule has 0 bridgehead atoms. The maximum atomic E-state index is 12.8. The molecule has 30 heavy (non-hydrogen) atoms. The predicted octanol–water partition coefficient (Wildman–Crippen LogP) is 6.08. The van der Waals surface area contributed by atoms with Crippen molar-refractivity contribution in [2.24, 2.45) is 4.99 Å². The van der Waals surface area contributed by atoms with E-state index in [1.807, 2.05) is 12.1 Å². The van der Waals surface area contributed by atoms with Gasteiger partial charge in [-0.1, -0.05) is 23.7 Å². The van der Waals surface area contributed by atoms with E-state index in [1.165, 1.54) is 0 Å². The van der Waals surface area contributed by atoms with E-state index in [2.05, 4.69) is 11.7 Å². The van der Waals surface area contributed by atoms with Gasteiger partial charge in [-0.3, -0.25) is 4.99 Å².